The highest BCUT2D eigenvalue weighted by atomic mass is 32.2. The number of aliphatic hydroxyl groups is 6. The van der Waals surface area contributed by atoms with Gasteiger partial charge in [-0.2, -0.15) is 0 Å². The first-order valence-corrected chi connectivity index (χ1v) is 8.08. The lowest BCUT2D eigenvalue weighted by molar-refractivity contribution is -0.334. The van der Waals surface area contributed by atoms with Gasteiger partial charge >= 0.3 is 0 Å². The number of hydrogen-bond acceptors (Lipinski definition) is 10. The molecule has 0 aromatic carbocycles. The fourth-order valence-electron chi connectivity index (χ4n) is 2.87. The molecule has 3 fully saturated rings. The van der Waals surface area contributed by atoms with Gasteiger partial charge in [-0.25, -0.2) is 0 Å². The Morgan fingerprint density at radius 3 is 2.32 bits per heavy atom. The summed E-state index contributed by atoms with van der Waals surface area (Å²) in [5, 5.41) is 58.5. The van der Waals surface area contributed by atoms with E-state index in [4.69, 9.17) is 19.3 Å². The minimum Gasteiger partial charge on any atom is -0.394 e. The minimum absolute atomic E-state index is 0.485. The lowest BCUT2D eigenvalue weighted by Crippen LogP contribution is -2.62. The highest BCUT2D eigenvalue weighted by Crippen LogP contribution is 2.39. The summed E-state index contributed by atoms with van der Waals surface area (Å²) in [5.41, 5.74) is -0.519. The predicted molar refractivity (Wildman–Crippen MR) is 71.8 cm³/mol. The molecule has 2 bridgehead atoms. The minimum atomic E-state index is -1.56. The summed E-state index contributed by atoms with van der Waals surface area (Å²) in [5.74, 6) is 0.501. The maximum Gasteiger partial charge on any atom is 0.187 e. The van der Waals surface area contributed by atoms with E-state index in [9.17, 15) is 25.5 Å². The summed E-state index contributed by atoms with van der Waals surface area (Å²) < 4.78 is 16.2. The Morgan fingerprint density at radius 1 is 0.909 bits per heavy atom. The van der Waals surface area contributed by atoms with Crippen LogP contribution < -0.4 is 0 Å². The molecule has 128 valence electrons. The van der Waals surface area contributed by atoms with Crippen molar-refractivity contribution in [3.05, 3.63) is 0 Å². The van der Waals surface area contributed by atoms with Gasteiger partial charge in [0.25, 0.3) is 0 Å². The van der Waals surface area contributed by atoms with Crippen LogP contribution in [0, 0.1) is 0 Å². The van der Waals surface area contributed by atoms with Crippen LogP contribution in [0.1, 0.15) is 0 Å². The lowest BCUT2D eigenvalue weighted by Gasteiger charge is -2.43. The molecule has 3 rings (SSSR count). The molecule has 0 aromatic heterocycles. The second kappa shape index (κ2) is 6.48. The average Bonchev–Trinajstić information content (AvgIpc) is 2.96. The number of aliphatic hydroxyl groups excluding tert-OH is 6. The quantitative estimate of drug-likeness (QED) is 0.304. The van der Waals surface area contributed by atoms with Gasteiger partial charge in [0.15, 0.2) is 6.29 Å². The van der Waals surface area contributed by atoms with Gasteiger partial charge in [0.2, 0.25) is 0 Å². The first-order valence-electron chi connectivity index (χ1n) is 7.03. The summed E-state index contributed by atoms with van der Waals surface area (Å²) in [4.78, 5) is 0. The average molecular weight is 340 g/mol. The van der Waals surface area contributed by atoms with E-state index in [1.54, 1.807) is 0 Å². The van der Waals surface area contributed by atoms with Crippen LogP contribution in [-0.2, 0) is 14.2 Å². The third-order valence-corrected chi connectivity index (χ3v) is 5.44. The maximum atomic E-state index is 10.1. The van der Waals surface area contributed by atoms with Crippen molar-refractivity contribution < 1.29 is 44.8 Å². The predicted octanol–water partition coefficient (Wildman–Crippen LogP) is -3.63. The molecular weight excluding hydrogens is 320 g/mol. The zero-order valence-electron chi connectivity index (χ0n) is 11.5. The molecule has 0 aromatic rings. The molecule has 3 aliphatic heterocycles. The third-order valence-electron chi connectivity index (χ3n) is 4.21. The Labute approximate surface area is 130 Å². The molecule has 0 aliphatic carbocycles. The highest BCUT2D eigenvalue weighted by Gasteiger charge is 2.52. The van der Waals surface area contributed by atoms with E-state index in [1.165, 1.54) is 11.8 Å². The number of hydrogen-bond donors (Lipinski definition) is 6. The van der Waals surface area contributed by atoms with Crippen molar-refractivity contribution in [2.75, 3.05) is 12.4 Å². The van der Waals surface area contributed by atoms with E-state index in [0.717, 1.165) is 0 Å². The largest absolute Gasteiger partial charge is 0.394 e. The molecule has 22 heavy (non-hydrogen) atoms. The number of thioether (sulfide) groups is 1. The van der Waals surface area contributed by atoms with E-state index < -0.39 is 67.2 Å². The second-order valence-corrected chi connectivity index (χ2v) is 6.79. The summed E-state index contributed by atoms with van der Waals surface area (Å²) >= 11 is 1.35. The SMILES string of the molecule is OC[C@@H]1O[C@H](O[C@H]2[C@H](O)[C@H](O)[C@H]3O[C@H]2CS3)[C@H](O)[C@H](O)[C@@H]1O. The second-order valence-electron chi connectivity index (χ2n) is 5.66. The summed E-state index contributed by atoms with van der Waals surface area (Å²) in [6, 6.07) is 0. The van der Waals surface area contributed by atoms with Crippen LogP contribution >= 0.6 is 11.8 Å². The molecule has 0 spiro atoms. The summed E-state index contributed by atoms with van der Waals surface area (Å²) in [7, 11) is 0. The van der Waals surface area contributed by atoms with Crippen molar-refractivity contribution in [1.82, 2.24) is 0 Å². The van der Waals surface area contributed by atoms with Crippen LogP contribution in [-0.4, -0.2) is 104 Å². The molecule has 0 saturated carbocycles. The molecule has 3 heterocycles. The van der Waals surface area contributed by atoms with Crippen LogP contribution in [0.3, 0.4) is 0 Å². The van der Waals surface area contributed by atoms with Gasteiger partial charge in [0, 0.05) is 5.75 Å². The van der Waals surface area contributed by atoms with Gasteiger partial charge in [-0.1, -0.05) is 0 Å². The van der Waals surface area contributed by atoms with Crippen molar-refractivity contribution in [3.8, 4) is 0 Å². The summed E-state index contributed by atoms with van der Waals surface area (Å²) in [6.45, 7) is -0.571. The molecule has 0 radical (unpaired) electrons. The Bertz CT molecular complexity index is 397. The van der Waals surface area contributed by atoms with Gasteiger partial charge in [0.1, 0.15) is 48.2 Å². The van der Waals surface area contributed by atoms with E-state index in [-0.39, 0.29) is 0 Å². The highest BCUT2D eigenvalue weighted by molar-refractivity contribution is 8.00. The van der Waals surface area contributed by atoms with Gasteiger partial charge < -0.3 is 44.8 Å². The van der Waals surface area contributed by atoms with E-state index >= 15 is 0 Å². The first-order chi connectivity index (χ1) is 10.4. The molecule has 0 unspecified atom stereocenters. The smallest absolute Gasteiger partial charge is 0.187 e. The molecule has 9 nitrogen and oxygen atoms in total. The van der Waals surface area contributed by atoms with Crippen LogP contribution in [0.2, 0.25) is 0 Å². The Balaban J connectivity index is 1.71. The molecule has 0 amide bonds. The zero-order valence-corrected chi connectivity index (χ0v) is 12.3. The van der Waals surface area contributed by atoms with Crippen molar-refractivity contribution in [3.63, 3.8) is 0 Å². The van der Waals surface area contributed by atoms with Crippen molar-refractivity contribution in [2.24, 2.45) is 0 Å². The lowest BCUT2D eigenvalue weighted by atomic mass is 9.98. The van der Waals surface area contributed by atoms with Gasteiger partial charge in [-0.15, -0.1) is 11.8 Å². The van der Waals surface area contributed by atoms with Crippen LogP contribution in [0.25, 0.3) is 0 Å². The Kier molecular flexibility index (Phi) is 4.95. The fraction of sp³-hybridized carbons (Fsp3) is 1.00. The van der Waals surface area contributed by atoms with Crippen LogP contribution in [0.4, 0.5) is 0 Å². The maximum absolute atomic E-state index is 10.1. The zero-order chi connectivity index (χ0) is 16.0. The molecule has 3 aliphatic rings. The molecule has 3 saturated heterocycles. The van der Waals surface area contributed by atoms with E-state index in [1.807, 2.05) is 0 Å². The molecule has 6 N–H and O–H groups in total. The first kappa shape index (κ1) is 16.8. The molecule has 10 atom stereocenters. The number of ether oxygens (including phenoxy) is 3. The Morgan fingerprint density at radius 2 is 1.64 bits per heavy atom. The van der Waals surface area contributed by atoms with Gasteiger partial charge in [-0.05, 0) is 0 Å². The van der Waals surface area contributed by atoms with E-state index in [2.05, 4.69) is 0 Å². The summed E-state index contributed by atoms with van der Waals surface area (Å²) in [6.07, 6.45) is -10.9. The Hall–Kier alpha value is -0.0100. The molecule has 10 heteroatoms. The number of fused-ring (bicyclic) bond motifs is 2. The van der Waals surface area contributed by atoms with Crippen molar-refractivity contribution in [2.45, 2.75) is 60.6 Å². The normalized spacial score (nSPS) is 55.4. The van der Waals surface area contributed by atoms with Crippen LogP contribution in [0.15, 0.2) is 0 Å². The molecular formula is C12H20O9S. The van der Waals surface area contributed by atoms with Crippen LogP contribution in [0.5, 0.6) is 0 Å². The van der Waals surface area contributed by atoms with E-state index in [0.29, 0.717) is 5.75 Å². The monoisotopic (exact) mass is 340 g/mol. The fourth-order valence-corrected chi connectivity index (χ4v) is 4.10. The number of rotatable bonds is 3. The third kappa shape index (κ3) is 2.77. The van der Waals surface area contributed by atoms with Crippen molar-refractivity contribution in [1.29, 1.82) is 0 Å². The van der Waals surface area contributed by atoms with Gasteiger partial charge in [-0.3, -0.25) is 0 Å². The van der Waals surface area contributed by atoms with Crippen molar-refractivity contribution >= 4 is 11.8 Å². The topological polar surface area (TPSA) is 149 Å². The van der Waals surface area contributed by atoms with Gasteiger partial charge in [0.05, 0.1) is 12.7 Å². The standard InChI is InChI=1S/C12H20O9S/c13-1-3-5(14)6(15)8(17)11(19-3)21-10-4-2-22-12(20-4)9(18)7(10)16/h3-18H,1-2H2/t3-,4-,5+,6+,7+,8+,9-,10+,11+,12-/m0/s1.